The number of thiol groups is 1. The van der Waals surface area contributed by atoms with Crippen LogP contribution >= 0.6 is 12.8 Å². The topological polar surface area (TPSA) is 78.7 Å². The Hall–Kier alpha value is -2.49. The predicted octanol–water partition coefficient (Wildman–Crippen LogP) is 2.89. The molecule has 10 heteroatoms. The number of hydrogen-bond acceptors (Lipinski definition) is 5. The van der Waals surface area contributed by atoms with E-state index in [0.717, 1.165) is 22.5 Å². The minimum atomic E-state index is -4.41. The monoisotopic (exact) mass is 383 g/mol. The Morgan fingerprint density at radius 3 is 2.42 bits per heavy atom. The van der Waals surface area contributed by atoms with Crippen LogP contribution in [-0.4, -0.2) is 18.5 Å². The second kappa shape index (κ2) is 6.67. The van der Waals surface area contributed by atoms with Crippen molar-refractivity contribution in [2.75, 3.05) is 5.73 Å². The van der Waals surface area contributed by atoms with E-state index in [0.29, 0.717) is 23.5 Å². The molecule has 0 amide bonds. The molecule has 0 fully saturated rings. The molecule has 0 radical (unpaired) electrons. The lowest BCUT2D eigenvalue weighted by Crippen LogP contribution is -2.21. The largest absolute Gasteiger partial charge is 0.416 e. The van der Waals surface area contributed by atoms with Crippen molar-refractivity contribution in [1.29, 1.82) is 0 Å². The number of aryl methyl sites for hydroxylation is 1. The van der Waals surface area contributed by atoms with Crippen molar-refractivity contribution in [3.05, 3.63) is 51.7 Å². The van der Waals surface area contributed by atoms with Gasteiger partial charge in [-0.1, -0.05) is 31.9 Å². The molecule has 0 saturated carbocycles. The van der Waals surface area contributed by atoms with Crippen LogP contribution in [0.5, 0.6) is 0 Å². The number of nitrogens with zero attached hydrogens (tertiary/aromatic N) is 4. The summed E-state index contributed by atoms with van der Waals surface area (Å²) in [5, 5.41) is 0. The lowest BCUT2D eigenvalue weighted by Gasteiger charge is -2.08. The third kappa shape index (κ3) is 3.28. The highest BCUT2D eigenvalue weighted by Crippen LogP contribution is 2.29. The highest BCUT2D eigenvalue weighted by molar-refractivity contribution is 7.78. The summed E-state index contributed by atoms with van der Waals surface area (Å²) in [7, 11) is 0. The number of imidazole rings is 1. The maximum atomic E-state index is 12.7. The van der Waals surface area contributed by atoms with E-state index in [1.54, 1.807) is 0 Å². The van der Waals surface area contributed by atoms with E-state index >= 15 is 0 Å². The molecule has 0 bridgehead atoms. The summed E-state index contributed by atoms with van der Waals surface area (Å²) in [6.07, 6.45) is -3.02. The quantitative estimate of drug-likeness (QED) is 0.679. The highest BCUT2D eigenvalue weighted by atomic mass is 32.1. The lowest BCUT2D eigenvalue weighted by atomic mass is 10.1. The molecule has 0 saturated heterocycles. The van der Waals surface area contributed by atoms with Gasteiger partial charge in [0.2, 0.25) is 0 Å². The first-order chi connectivity index (χ1) is 12.2. The molecule has 2 aromatic heterocycles. The van der Waals surface area contributed by atoms with Gasteiger partial charge in [-0.2, -0.15) is 13.2 Å². The molecule has 3 rings (SSSR count). The third-order valence-corrected chi connectivity index (χ3v) is 4.29. The first-order valence-electron chi connectivity index (χ1n) is 7.85. The Bertz CT molecular complexity index is 1010. The molecular formula is C16H16F3N5OS. The van der Waals surface area contributed by atoms with Crippen LogP contribution in [0, 0.1) is 0 Å². The molecule has 0 unspecified atom stereocenters. The predicted molar refractivity (Wildman–Crippen MR) is 95.1 cm³/mol. The molecule has 0 spiro atoms. The van der Waals surface area contributed by atoms with Gasteiger partial charge in [0.1, 0.15) is 11.3 Å². The lowest BCUT2D eigenvalue weighted by molar-refractivity contribution is -0.137. The van der Waals surface area contributed by atoms with E-state index in [-0.39, 0.29) is 17.9 Å². The summed E-state index contributed by atoms with van der Waals surface area (Å²) < 4.78 is 40.4. The van der Waals surface area contributed by atoms with Gasteiger partial charge < -0.3 is 5.73 Å². The molecule has 0 aliphatic carbocycles. The molecule has 0 aliphatic rings. The number of hydrogen-bond donors (Lipinski definition) is 2. The summed E-state index contributed by atoms with van der Waals surface area (Å²) in [6.45, 7) is 2.01. The number of fused-ring (bicyclic) bond motifs is 1. The molecule has 0 atom stereocenters. The Morgan fingerprint density at radius 2 is 1.85 bits per heavy atom. The second-order valence-corrected chi connectivity index (χ2v) is 6.22. The molecule has 1 aromatic carbocycles. The second-order valence-electron chi connectivity index (χ2n) is 5.82. The van der Waals surface area contributed by atoms with E-state index in [1.807, 2.05) is 6.92 Å². The summed E-state index contributed by atoms with van der Waals surface area (Å²) in [4.78, 5) is 21.0. The van der Waals surface area contributed by atoms with Gasteiger partial charge >= 0.3 is 11.9 Å². The number of nitrogens with two attached hydrogens (primary N) is 1. The van der Waals surface area contributed by atoms with Gasteiger partial charge in [-0.05, 0) is 24.1 Å². The Labute approximate surface area is 152 Å². The minimum absolute atomic E-state index is 0.0447. The molecule has 2 heterocycles. The molecule has 0 aliphatic heterocycles. The van der Waals surface area contributed by atoms with E-state index in [9.17, 15) is 18.0 Å². The fourth-order valence-corrected chi connectivity index (χ4v) is 2.96. The number of halogens is 3. The summed E-state index contributed by atoms with van der Waals surface area (Å²) >= 11 is 4.14. The van der Waals surface area contributed by atoms with Gasteiger partial charge in [0, 0.05) is 6.42 Å². The van der Waals surface area contributed by atoms with Crippen molar-refractivity contribution in [1.82, 2.24) is 18.5 Å². The average molecular weight is 383 g/mol. The summed E-state index contributed by atoms with van der Waals surface area (Å²) in [5.41, 5.74) is 5.81. The van der Waals surface area contributed by atoms with Gasteiger partial charge in [-0.25, -0.2) is 18.7 Å². The fourth-order valence-electron chi connectivity index (χ4n) is 2.66. The first kappa shape index (κ1) is 18.3. The SMILES string of the molecule is CCCc1nc(N)c2c(n1)n(Cc1ccc(C(F)(F)F)cc1)c(=O)n2S. The summed E-state index contributed by atoms with van der Waals surface area (Å²) in [5.74, 6) is 0.634. The van der Waals surface area contributed by atoms with Crippen LogP contribution in [-0.2, 0) is 19.1 Å². The van der Waals surface area contributed by atoms with Crippen LogP contribution in [0.1, 0.15) is 30.3 Å². The number of benzene rings is 1. The van der Waals surface area contributed by atoms with Crippen molar-refractivity contribution in [3.8, 4) is 0 Å². The zero-order valence-electron chi connectivity index (χ0n) is 13.8. The van der Waals surface area contributed by atoms with E-state index < -0.39 is 17.4 Å². The van der Waals surface area contributed by atoms with E-state index in [1.165, 1.54) is 16.7 Å². The van der Waals surface area contributed by atoms with Crippen molar-refractivity contribution in [2.45, 2.75) is 32.5 Å². The van der Waals surface area contributed by atoms with Gasteiger partial charge in [0.05, 0.1) is 12.1 Å². The van der Waals surface area contributed by atoms with Crippen LogP contribution in [0.15, 0.2) is 29.1 Å². The first-order valence-corrected chi connectivity index (χ1v) is 8.25. The van der Waals surface area contributed by atoms with Crippen molar-refractivity contribution < 1.29 is 13.2 Å². The van der Waals surface area contributed by atoms with Crippen LogP contribution in [0.4, 0.5) is 19.0 Å². The maximum Gasteiger partial charge on any atom is 0.416 e. The van der Waals surface area contributed by atoms with Crippen LogP contribution in [0.25, 0.3) is 11.2 Å². The van der Waals surface area contributed by atoms with Crippen molar-refractivity contribution in [3.63, 3.8) is 0 Å². The zero-order chi connectivity index (χ0) is 19.1. The minimum Gasteiger partial charge on any atom is -0.382 e. The number of alkyl halides is 3. The van der Waals surface area contributed by atoms with Gasteiger partial charge in [0.15, 0.2) is 11.5 Å². The number of nitrogen functional groups attached to an aromatic ring is 1. The molecule has 6 nitrogen and oxygen atoms in total. The molecule has 3 aromatic rings. The smallest absolute Gasteiger partial charge is 0.382 e. The van der Waals surface area contributed by atoms with Gasteiger partial charge in [0.25, 0.3) is 0 Å². The van der Waals surface area contributed by atoms with E-state index in [2.05, 4.69) is 22.8 Å². The third-order valence-electron chi connectivity index (χ3n) is 3.91. The van der Waals surface area contributed by atoms with Gasteiger partial charge in [-0.3, -0.25) is 4.57 Å². The standard InChI is InChI=1S/C16H16F3N5OS/c1-2-3-11-21-13(20)12-14(22-11)23(15(25)24(12)26)8-9-4-6-10(7-5-9)16(17,18)19/h4-7,26H,2-3,8H2,1H3,(H2,20,21,22). The van der Waals surface area contributed by atoms with Crippen LogP contribution < -0.4 is 11.4 Å². The Morgan fingerprint density at radius 1 is 1.19 bits per heavy atom. The molecular weight excluding hydrogens is 367 g/mol. The molecule has 138 valence electrons. The van der Waals surface area contributed by atoms with E-state index in [4.69, 9.17) is 5.73 Å². The Kier molecular flexibility index (Phi) is 4.70. The fraction of sp³-hybridized carbons (Fsp3) is 0.312. The number of rotatable bonds is 4. The zero-order valence-corrected chi connectivity index (χ0v) is 14.7. The average Bonchev–Trinajstić information content (AvgIpc) is 2.80. The van der Waals surface area contributed by atoms with Crippen LogP contribution in [0.2, 0.25) is 0 Å². The van der Waals surface area contributed by atoms with Gasteiger partial charge in [-0.15, -0.1) is 0 Å². The maximum absolute atomic E-state index is 12.7. The number of aromatic nitrogens is 4. The molecule has 2 N–H and O–H groups in total. The van der Waals surface area contributed by atoms with Crippen molar-refractivity contribution in [2.24, 2.45) is 0 Å². The Balaban J connectivity index is 2.07. The molecule has 26 heavy (non-hydrogen) atoms. The number of anilines is 1. The highest BCUT2D eigenvalue weighted by Gasteiger charge is 2.30. The summed E-state index contributed by atoms with van der Waals surface area (Å²) in [6, 6.07) is 4.61. The normalized spacial score (nSPS) is 12.0. The van der Waals surface area contributed by atoms with Crippen molar-refractivity contribution >= 4 is 29.8 Å². The van der Waals surface area contributed by atoms with Crippen LogP contribution in [0.3, 0.4) is 0 Å².